The number of rotatable bonds is 6. The van der Waals surface area contributed by atoms with Crippen LogP contribution in [0.1, 0.15) is 49.2 Å². The van der Waals surface area contributed by atoms with Crippen molar-refractivity contribution in [2.45, 2.75) is 45.6 Å². The number of amides is 1. The van der Waals surface area contributed by atoms with E-state index in [9.17, 15) is 4.79 Å². The Bertz CT molecular complexity index is 638. The molecule has 1 heterocycles. The van der Waals surface area contributed by atoms with Gasteiger partial charge in [0, 0.05) is 21.2 Å². The zero-order valence-corrected chi connectivity index (χ0v) is 14.0. The van der Waals surface area contributed by atoms with Crippen LogP contribution in [0.2, 0.25) is 5.02 Å². The molecule has 0 spiro atoms. The van der Waals surface area contributed by atoms with Gasteiger partial charge in [0.1, 0.15) is 4.88 Å². The summed E-state index contributed by atoms with van der Waals surface area (Å²) in [5, 5.41) is 4.58. The van der Waals surface area contributed by atoms with Crippen LogP contribution in [-0.2, 0) is 0 Å². The Morgan fingerprint density at radius 1 is 1.43 bits per heavy atom. The lowest BCUT2D eigenvalue weighted by molar-refractivity contribution is 0.0943. The molecule has 0 bridgehead atoms. The number of unbranched alkanes of at least 4 members (excludes halogenated alkanes) is 2. The predicted molar refractivity (Wildman–Crippen MR) is 92.3 cm³/mol. The Balaban J connectivity index is 2.10. The van der Waals surface area contributed by atoms with Gasteiger partial charge in [-0.05, 0) is 31.5 Å². The van der Waals surface area contributed by atoms with Gasteiger partial charge in [0.25, 0.3) is 5.91 Å². The fourth-order valence-electron chi connectivity index (χ4n) is 2.32. The Kier molecular flexibility index (Phi) is 5.48. The minimum atomic E-state index is -0.0891. The van der Waals surface area contributed by atoms with Crippen molar-refractivity contribution in [3.63, 3.8) is 0 Å². The Morgan fingerprint density at radius 3 is 2.90 bits per heavy atom. The maximum Gasteiger partial charge on any atom is 0.263 e. The molecule has 1 aromatic carbocycles. The van der Waals surface area contributed by atoms with Gasteiger partial charge in [0.2, 0.25) is 0 Å². The Labute approximate surface area is 134 Å². The van der Waals surface area contributed by atoms with E-state index in [1.807, 2.05) is 19.1 Å². The molecule has 0 saturated carbocycles. The zero-order valence-electron chi connectivity index (χ0n) is 12.4. The van der Waals surface area contributed by atoms with Crippen molar-refractivity contribution in [2.75, 3.05) is 5.73 Å². The third kappa shape index (κ3) is 3.89. The lowest BCUT2D eigenvalue weighted by Gasteiger charge is -2.13. The summed E-state index contributed by atoms with van der Waals surface area (Å²) in [6, 6.07) is 5.67. The summed E-state index contributed by atoms with van der Waals surface area (Å²) in [6.45, 7) is 4.21. The predicted octanol–water partition coefficient (Wildman–Crippen LogP) is 4.84. The van der Waals surface area contributed by atoms with E-state index in [1.165, 1.54) is 24.2 Å². The largest absolute Gasteiger partial charge is 0.397 e. The molecule has 1 amide bonds. The molecule has 21 heavy (non-hydrogen) atoms. The number of hydrogen-bond donors (Lipinski definition) is 2. The summed E-state index contributed by atoms with van der Waals surface area (Å²) in [6.07, 6.45) is 4.51. The average molecular weight is 325 g/mol. The minimum Gasteiger partial charge on any atom is -0.397 e. The van der Waals surface area contributed by atoms with Gasteiger partial charge in [-0.1, -0.05) is 37.8 Å². The van der Waals surface area contributed by atoms with Crippen LogP contribution in [-0.4, -0.2) is 11.9 Å². The van der Waals surface area contributed by atoms with E-state index >= 15 is 0 Å². The molecule has 1 atom stereocenters. The van der Waals surface area contributed by atoms with Crippen LogP contribution in [0, 0.1) is 0 Å². The maximum atomic E-state index is 12.3. The highest BCUT2D eigenvalue weighted by Gasteiger charge is 2.17. The van der Waals surface area contributed by atoms with Crippen LogP contribution in [0.25, 0.3) is 10.1 Å². The first kappa shape index (κ1) is 16.1. The van der Waals surface area contributed by atoms with Crippen molar-refractivity contribution >= 4 is 44.6 Å². The Morgan fingerprint density at radius 2 is 2.19 bits per heavy atom. The van der Waals surface area contributed by atoms with Crippen LogP contribution in [0.5, 0.6) is 0 Å². The molecule has 2 rings (SSSR count). The molecule has 3 nitrogen and oxygen atoms in total. The highest BCUT2D eigenvalue weighted by molar-refractivity contribution is 7.21. The molecule has 0 aliphatic carbocycles. The van der Waals surface area contributed by atoms with Gasteiger partial charge >= 0.3 is 0 Å². The van der Waals surface area contributed by atoms with Gasteiger partial charge in [-0.15, -0.1) is 11.3 Å². The number of hydrogen-bond acceptors (Lipinski definition) is 3. The normalized spacial score (nSPS) is 12.5. The first-order valence-electron chi connectivity index (χ1n) is 7.31. The van der Waals surface area contributed by atoms with Gasteiger partial charge in [-0.2, -0.15) is 0 Å². The third-order valence-corrected chi connectivity index (χ3v) is 4.92. The second-order valence-corrected chi connectivity index (χ2v) is 6.84. The fraction of sp³-hybridized carbons (Fsp3) is 0.438. The molecule has 1 aromatic heterocycles. The van der Waals surface area contributed by atoms with Crippen molar-refractivity contribution in [3.8, 4) is 0 Å². The van der Waals surface area contributed by atoms with Gasteiger partial charge in [0.15, 0.2) is 0 Å². The molecule has 114 valence electrons. The second-order valence-electron chi connectivity index (χ2n) is 5.36. The summed E-state index contributed by atoms with van der Waals surface area (Å²) in [7, 11) is 0. The Hall–Kier alpha value is -1.26. The minimum absolute atomic E-state index is 0.0891. The molecule has 1 unspecified atom stereocenters. The highest BCUT2D eigenvalue weighted by Crippen LogP contribution is 2.35. The summed E-state index contributed by atoms with van der Waals surface area (Å²) in [5.74, 6) is -0.0891. The van der Waals surface area contributed by atoms with Crippen LogP contribution < -0.4 is 11.1 Å². The van der Waals surface area contributed by atoms with E-state index in [-0.39, 0.29) is 11.9 Å². The van der Waals surface area contributed by atoms with E-state index in [2.05, 4.69) is 12.2 Å². The van der Waals surface area contributed by atoms with Crippen LogP contribution in [0.15, 0.2) is 18.2 Å². The molecule has 0 aliphatic rings. The standard InChI is InChI=1S/C16H21ClN2OS/c1-3-4-5-6-10(2)19-16(20)15-14(18)12-8-7-11(17)9-13(12)21-15/h7-10H,3-6,18H2,1-2H3,(H,19,20). The number of carbonyl (C=O) groups excluding carboxylic acids is 1. The molecule has 2 aromatic rings. The van der Waals surface area contributed by atoms with E-state index in [4.69, 9.17) is 17.3 Å². The van der Waals surface area contributed by atoms with Gasteiger partial charge in [-0.25, -0.2) is 0 Å². The number of fused-ring (bicyclic) bond motifs is 1. The van der Waals surface area contributed by atoms with Gasteiger partial charge in [-0.3, -0.25) is 4.79 Å². The molecule has 0 radical (unpaired) electrons. The molecule has 5 heteroatoms. The topological polar surface area (TPSA) is 55.1 Å². The van der Waals surface area contributed by atoms with Gasteiger partial charge in [0.05, 0.1) is 5.69 Å². The van der Waals surface area contributed by atoms with Crippen molar-refractivity contribution in [1.82, 2.24) is 5.32 Å². The quantitative estimate of drug-likeness (QED) is 0.747. The number of thiophene rings is 1. The summed E-state index contributed by atoms with van der Waals surface area (Å²) < 4.78 is 0.948. The van der Waals surface area contributed by atoms with Crippen LogP contribution in [0.3, 0.4) is 0 Å². The number of halogens is 1. The summed E-state index contributed by atoms with van der Waals surface area (Å²) >= 11 is 7.38. The lowest BCUT2D eigenvalue weighted by atomic mass is 10.1. The lowest BCUT2D eigenvalue weighted by Crippen LogP contribution is -2.32. The molecular formula is C16H21ClN2OS. The van der Waals surface area contributed by atoms with E-state index < -0.39 is 0 Å². The number of anilines is 1. The SMILES string of the molecule is CCCCCC(C)NC(=O)c1sc2cc(Cl)ccc2c1N. The zero-order chi connectivity index (χ0) is 15.4. The first-order valence-corrected chi connectivity index (χ1v) is 8.50. The van der Waals surface area contributed by atoms with Crippen molar-refractivity contribution in [2.24, 2.45) is 0 Å². The third-order valence-electron chi connectivity index (χ3n) is 3.51. The maximum absolute atomic E-state index is 12.3. The van der Waals surface area contributed by atoms with Crippen molar-refractivity contribution in [3.05, 3.63) is 28.1 Å². The van der Waals surface area contributed by atoms with Crippen LogP contribution >= 0.6 is 22.9 Å². The molecule has 3 N–H and O–H groups in total. The van der Waals surface area contributed by atoms with Crippen molar-refractivity contribution < 1.29 is 4.79 Å². The average Bonchev–Trinajstić information content (AvgIpc) is 2.75. The van der Waals surface area contributed by atoms with E-state index in [1.54, 1.807) is 6.07 Å². The number of nitrogens with one attached hydrogen (secondary N) is 1. The molecule has 0 aliphatic heterocycles. The van der Waals surface area contributed by atoms with Crippen LogP contribution in [0.4, 0.5) is 5.69 Å². The van der Waals surface area contributed by atoms with Gasteiger partial charge < -0.3 is 11.1 Å². The summed E-state index contributed by atoms with van der Waals surface area (Å²) in [5.41, 5.74) is 6.64. The first-order chi connectivity index (χ1) is 10.0. The number of nitrogens with two attached hydrogens (primary N) is 1. The highest BCUT2D eigenvalue weighted by atomic mass is 35.5. The number of carbonyl (C=O) groups is 1. The van der Waals surface area contributed by atoms with E-state index in [0.717, 1.165) is 22.9 Å². The molecule has 0 saturated heterocycles. The number of nitrogen functional groups attached to an aromatic ring is 1. The molecule has 0 fully saturated rings. The van der Waals surface area contributed by atoms with Crippen molar-refractivity contribution in [1.29, 1.82) is 0 Å². The number of benzene rings is 1. The smallest absolute Gasteiger partial charge is 0.263 e. The summed E-state index contributed by atoms with van der Waals surface area (Å²) in [4.78, 5) is 12.9. The van der Waals surface area contributed by atoms with E-state index in [0.29, 0.717) is 15.6 Å². The second kappa shape index (κ2) is 7.14. The molecular weight excluding hydrogens is 304 g/mol. The fourth-order valence-corrected chi connectivity index (χ4v) is 3.62. The monoisotopic (exact) mass is 324 g/mol.